The van der Waals surface area contributed by atoms with Gasteiger partial charge in [0.1, 0.15) is 17.4 Å². The third kappa shape index (κ3) is 2.93. The number of halogens is 1. The highest BCUT2D eigenvalue weighted by atomic mass is 35.5. The highest BCUT2D eigenvalue weighted by Gasteiger charge is 2.11. The first-order valence-corrected chi connectivity index (χ1v) is 7.03. The Bertz CT molecular complexity index is 860. The maximum atomic E-state index is 9.22. The van der Waals surface area contributed by atoms with Crippen LogP contribution in [-0.4, -0.2) is 6.21 Å². The molecule has 0 unspecified atom stereocenters. The molecule has 0 aliphatic rings. The van der Waals surface area contributed by atoms with E-state index < -0.39 is 0 Å². The number of aliphatic imine (C=N–C) groups is 1. The number of nitriles is 1. The van der Waals surface area contributed by atoms with E-state index in [1.807, 2.05) is 48.5 Å². The normalized spacial score (nSPS) is 10.7. The third-order valence-corrected chi connectivity index (χ3v) is 3.46. The summed E-state index contributed by atoms with van der Waals surface area (Å²) in [6, 6.07) is 20.7. The first-order valence-electron chi connectivity index (χ1n) is 6.66. The van der Waals surface area contributed by atoms with Crippen LogP contribution >= 0.6 is 11.6 Å². The van der Waals surface area contributed by atoms with Gasteiger partial charge in [-0.25, -0.2) is 4.99 Å². The van der Waals surface area contributed by atoms with Gasteiger partial charge in [0.25, 0.3) is 0 Å². The van der Waals surface area contributed by atoms with Crippen molar-refractivity contribution in [2.45, 2.75) is 0 Å². The Labute approximate surface area is 133 Å². The van der Waals surface area contributed by atoms with Gasteiger partial charge in [0.05, 0.1) is 0 Å². The second-order valence-corrected chi connectivity index (χ2v) is 4.99. The molecule has 2 aromatic carbocycles. The molecule has 1 aromatic heterocycles. The molecule has 0 fully saturated rings. The lowest BCUT2D eigenvalue weighted by Crippen LogP contribution is -1.81. The van der Waals surface area contributed by atoms with Crippen molar-refractivity contribution < 1.29 is 4.42 Å². The summed E-state index contributed by atoms with van der Waals surface area (Å²) in [7, 11) is 0. The maximum Gasteiger partial charge on any atom is 0.237 e. The standard InChI is InChI=1S/C18H11ClN2O/c19-16-9-5-4-8-14(16)12-21-18-15(11-20)10-17(22-18)13-6-2-1-3-7-13/h1-10,12H/b21-12+. The van der Waals surface area contributed by atoms with Crippen molar-refractivity contribution in [1.29, 1.82) is 5.26 Å². The van der Waals surface area contributed by atoms with E-state index in [4.69, 9.17) is 16.0 Å². The number of furan rings is 1. The van der Waals surface area contributed by atoms with Gasteiger partial charge in [0.2, 0.25) is 5.88 Å². The van der Waals surface area contributed by atoms with Gasteiger partial charge in [0.15, 0.2) is 0 Å². The fourth-order valence-corrected chi connectivity index (χ4v) is 2.19. The van der Waals surface area contributed by atoms with Gasteiger partial charge in [-0.3, -0.25) is 0 Å². The van der Waals surface area contributed by atoms with Crippen LogP contribution in [0.15, 0.2) is 70.1 Å². The summed E-state index contributed by atoms with van der Waals surface area (Å²) in [5.74, 6) is 0.893. The molecule has 4 heteroatoms. The molecule has 3 aromatic rings. The van der Waals surface area contributed by atoms with Crippen LogP contribution in [-0.2, 0) is 0 Å². The second-order valence-electron chi connectivity index (χ2n) is 4.59. The molecule has 0 atom stereocenters. The van der Waals surface area contributed by atoms with E-state index in [2.05, 4.69) is 11.1 Å². The predicted octanol–water partition coefficient (Wildman–Crippen LogP) is 5.22. The fourth-order valence-electron chi connectivity index (χ4n) is 2.01. The molecule has 22 heavy (non-hydrogen) atoms. The zero-order valence-corrected chi connectivity index (χ0v) is 12.3. The minimum atomic E-state index is 0.279. The monoisotopic (exact) mass is 306 g/mol. The van der Waals surface area contributed by atoms with Crippen LogP contribution in [0.5, 0.6) is 0 Å². The number of hydrogen-bond acceptors (Lipinski definition) is 3. The summed E-state index contributed by atoms with van der Waals surface area (Å²) in [5.41, 5.74) is 2.06. The molecule has 1 heterocycles. The number of nitrogens with zero attached hydrogens (tertiary/aromatic N) is 2. The quantitative estimate of drug-likeness (QED) is 0.623. The SMILES string of the molecule is N#Cc1cc(-c2ccccc2)oc1/N=C/c1ccccc1Cl. The average molecular weight is 307 g/mol. The van der Waals surface area contributed by atoms with E-state index in [0.717, 1.165) is 11.1 Å². The lowest BCUT2D eigenvalue weighted by molar-refractivity contribution is 0.592. The zero-order chi connectivity index (χ0) is 15.4. The van der Waals surface area contributed by atoms with Gasteiger partial charge in [-0.1, -0.05) is 60.1 Å². The van der Waals surface area contributed by atoms with Crippen LogP contribution < -0.4 is 0 Å². The van der Waals surface area contributed by atoms with E-state index in [9.17, 15) is 5.26 Å². The molecular formula is C18H11ClN2O. The van der Waals surface area contributed by atoms with E-state index in [0.29, 0.717) is 16.3 Å². The maximum absolute atomic E-state index is 9.22. The van der Waals surface area contributed by atoms with E-state index in [-0.39, 0.29) is 5.88 Å². The smallest absolute Gasteiger partial charge is 0.237 e. The molecule has 0 N–H and O–H groups in total. The predicted molar refractivity (Wildman–Crippen MR) is 87.6 cm³/mol. The highest BCUT2D eigenvalue weighted by Crippen LogP contribution is 2.30. The van der Waals surface area contributed by atoms with Crippen molar-refractivity contribution in [2.24, 2.45) is 4.99 Å². The first-order chi connectivity index (χ1) is 10.8. The van der Waals surface area contributed by atoms with Crippen LogP contribution in [0, 0.1) is 11.3 Å². The summed E-state index contributed by atoms with van der Waals surface area (Å²) >= 11 is 6.08. The van der Waals surface area contributed by atoms with Crippen molar-refractivity contribution in [3.05, 3.63) is 76.8 Å². The van der Waals surface area contributed by atoms with Gasteiger partial charge in [-0.2, -0.15) is 5.26 Å². The van der Waals surface area contributed by atoms with Gasteiger partial charge < -0.3 is 4.42 Å². The minimum absolute atomic E-state index is 0.279. The zero-order valence-electron chi connectivity index (χ0n) is 11.5. The molecule has 0 bridgehead atoms. The second kappa shape index (κ2) is 6.30. The summed E-state index contributed by atoms with van der Waals surface area (Å²) < 4.78 is 5.69. The van der Waals surface area contributed by atoms with Crippen LogP contribution in [0.4, 0.5) is 5.88 Å². The van der Waals surface area contributed by atoms with Crippen LogP contribution in [0.2, 0.25) is 5.02 Å². The Hall–Kier alpha value is -2.83. The lowest BCUT2D eigenvalue weighted by atomic mass is 10.1. The van der Waals surface area contributed by atoms with Gasteiger partial charge >= 0.3 is 0 Å². The van der Waals surface area contributed by atoms with Crippen molar-refractivity contribution in [3.63, 3.8) is 0 Å². The van der Waals surface area contributed by atoms with Crippen molar-refractivity contribution >= 4 is 23.7 Å². The number of benzene rings is 2. The van der Waals surface area contributed by atoms with Crippen molar-refractivity contribution in [3.8, 4) is 17.4 Å². The molecule has 0 spiro atoms. The Kier molecular flexibility index (Phi) is 4.04. The molecule has 0 aliphatic heterocycles. The minimum Gasteiger partial charge on any atom is -0.437 e. The largest absolute Gasteiger partial charge is 0.437 e. The Balaban J connectivity index is 1.96. The fraction of sp³-hybridized carbons (Fsp3) is 0. The Morgan fingerprint density at radius 3 is 2.50 bits per heavy atom. The van der Waals surface area contributed by atoms with Gasteiger partial charge in [0, 0.05) is 28.4 Å². The van der Waals surface area contributed by atoms with E-state index in [1.165, 1.54) is 0 Å². The first kappa shape index (κ1) is 14.1. The number of rotatable bonds is 3. The van der Waals surface area contributed by atoms with E-state index in [1.54, 1.807) is 18.3 Å². The molecule has 0 radical (unpaired) electrons. The molecule has 0 aliphatic carbocycles. The highest BCUT2D eigenvalue weighted by molar-refractivity contribution is 6.33. The van der Waals surface area contributed by atoms with Gasteiger partial charge in [-0.05, 0) is 6.07 Å². The summed E-state index contributed by atoms with van der Waals surface area (Å²) in [6.07, 6.45) is 1.59. The van der Waals surface area contributed by atoms with Crippen LogP contribution in [0.3, 0.4) is 0 Å². The molecule has 0 saturated carbocycles. The van der Waals surface area contributed by atoms with Crippen LogP contribution in [0.25, 0.3) is 11.3 Å². The Morgan fingerprint density at radius 1 is 1.05 bits per heavy atom. The van der Waals surface area contributed by atoms with Crippen molar-refractivity contribution in [1.82, 2.24) is 0 Å². The van der Waals surface area contributed by atoms with Crippen molar-refractivity contribution in [2.75, 3.05) is 0 Å². The van der Waals surface area contributed by atoms with Gasteiger partial charge in [-0.15, -0.1) is 0 Å². The number of hydrogen-bond donors (Lipinski definition) is 0. The summed E-state index contributed by atoms with van der Waals surface area (Å²) in [4.78, 5) is 4.26. The third-order valence-electron chi connectivity index (χ3n) is 3.12. The molecule has 0 saturated heterocycles. The molecule has 106 valence electrons. The lowest BCUT2D eigenvalue weighted by Gasteiger charge is -1.96. The molecular weight excluding hydrogens is 296 g/mol. The molecule has 3 rings (SSSR count). The summed E-state index contributed by atoms with van der Waals surface area (Å²) in [6.45, 7) is 0. The van der Waals surface area contributed by atoms with E-state index >= 15 is 0 Å². The summed E-state index contributed by atoms with van der Waals surface area (Å²) in [5, 5.41) is 9.82. The average Bonchev–Trinajstić information content (AvgIpc) is 2.98. The molecule has 3 nitrogen and oxygen atoms in total. The molecule has 0 amide bonds. The topological polar surface area (TPSA) is 49.3 Å². The van der Waals surface area contributed by atoms with Crippen LogP contribution in [0.1, 0.15) is 11.1 Å². The Morgan fingerprint density at radius 2 is 1.77 bits per heavy atom.